The molecule has 1 aromatic carbocycles. The average molecular weight is 328 g/mol. The number of anilines is 1. The SMILES string of the molecule is COc1ccccc1NC(=O)Cn1ncc(Cl)c(Cl)c1=O. The van der Waals surface area contributed by atoms with Gasteiger partial charge in [0, 0.05) is 0 Å². The molecule has 21 heavy (non-hydrogen) atoms. The standard InChI is InChI=1S/C13H11Cl2N3O3/c1-21-10-5-3-2-4-9(10)17-11(19)7-18-13(20)12(15)8(14)6-16-18/h2-6H,7H2,1H3,(H,17,19). The van der Waals surface area contributed by atoms with Crippen LogP contribution in [0.2, 0.25) is 10.0 Å². The third kappa shape index (κ3) is 3.53. The number of amides is 1. The molecule has 1 heterocycles. The molecule has 1 aromatic heterocycles. The molecule has 0 bridgehead atoms. The van der Waals surface area contributed by atoms with E-state index in [1.165, 1.54) is 13.3 Å². The molecule has 0 unspecified atom stereocenters. The lowest BCUT2D eigenvalue weighted by Crippen LogP contribution is -2.29. The van der Waals surface area contributed by atoms with Crippen molar-refractivity contribution in [2.75, 3.05) is 12.4 Å². The van der Waals surface area contributed by atoms with Gasteiger partial charge >= 0.3 is 0 Å². The predicted octanol–water partition coefficient (Wildman–Crippen LogP) is 2.20. The number of benzene rings is 1. The van der Waals surface area contributed by atoms with Crippen LogP contribution < -0.4 is 15.6 Å². The highest BCUT2D eigenvalue weighted by Crippen LogP contribution is 2.22. The average Bonchev–Trinajstić information content (AvgIpc) is 2.48. The van der Waals surface area contributed by atoms with E-state index in [9.17, 15) is 9.59 Å². The Morgan fingerprint density at radius 3 is 2.81 bits per heavy atom. The number of nitrogens with zero attached hydrogens (tertiary/aromatic N) is 2. The van der Waals surface area contributed by atoms with Gasteiger partial charge in [0.15, 0.2) is 0 Å². The smallest absolute Gasteiger partial charge is 0.287 e. The molecular weight excluding hydrogens is 317 g/mol. The van der Waals surface area contributed by atoms with E-state index in [1.807, 2.05) is 0 Å². The van der Waals surface area contributed by atoms with Gasteiger partial charge in [-0.3, -0.25) is 9.59 Å². The number of hydrogen-bond acceptors (Lipinski definition) is 4. The minimum Gasteiger partial charge on any atom is -0.495 e. The third-order valence-corrected chi connectivity index (χ3v) is 3.37. The Balaban J connectivity index is 2.16. The first-order valence-electron chi connectivity index (χ1n) is 5.87. The first kappa shape index (κ1) is 15.3. The number of halogens is 2. The van der Waals surface area contributed by atoms with Gasteiger partial charge in [-0.2, -0.15) is 5.10 Å². The quantitative estimate of drug-likeness (QED) is 0.934. The number of methoxy groups -OCH3 is 1. The van der Waals surface area contributed by atoms with Gasteiger partial charge in [0.05, 0.1) is 24.0 Å². The number of carbonyl (C=O) groups excluding carboxylic acids is 1. The van der Waals surface area contributed by atoms with Crippen molar-refractivity contribution in [2.24, 2.45) is 0 Å². The van der Waals surface area contributed by atoms with Gasteiger partial charge in [-0.25, -0.2) is 4.68 Å². The van der Waals surface area contributed by atoms with E-state index in [4.69, 9.17) is 27.9 Å². The van der Waals surface area contributed by atoms with E-state index >= 15 is 0 Å². The summed E-state index contributed by atoms with van der Waals surface area (Å²) in [6, 6.07) is 6.92. The fourth-order valence-electron chi connectivity index (χ4n) is 1.63. The van der Waals surface area contributed by atoms with E-state index in [-0.39, 0.29) is 16.6 Å². The molecule has 110 valence electrons. The second kappa shape index (κ2) is 6.60. The van der Waals surface area contributed by atoms with Gasteiger partial charge in [0.1, 0.15) is 17.3 Å². The largest absolute Gasteiger partial charge is 0.495 e. The maximum Gasteiger partial charge on any atom is 0.287 e. The maximum absolute atomic E-state index is 12.0. The van der Waals surface area contributed by atoms with Gasteiger partial charge in [-0.05, 0) is 12.1 Å². The van der Waals surface area contributed by atoms with Crippen molar-refractivity contribution in [3.8, 4) is 5.75 Å². The molecule has 0 radical (unpaired) electrons. The van der Waals surface area contributed by atoms with E-state index in [2.05, 4.69) is 10.4 Å². The molecule has 0 aliphatic rings. The van der Waals surface area contributed by atoms with Crippen LogP contribution in [0.15, 0.2) is 35.3 Å². The summed E-state index contributed by atoms with van der Waals surface area (Å²) in [7, 11) is 1.50. The Morgan fingerprint density at radius 1 is 1.38 bits per heavy atom. The Hall–Kier alpha value is -2.05. The minimum absolute atomic E-state index is 0.0445. The molecule has 8 heteroatoms. The Bertz CT molecular complexity index is 731. The Kier molecular flexibility index (Phi) is 4.82. The molecule has 0 atom stereocenters. The maximum atomic E-state index is 12.0. The second-order valence-electron chi connectivity index (χ2n) is 4.02. The van der Waals surface area contributed by atoms with Crippen molar-refractivity contribution in [1.29, 1.82) is 0 Å². The summed E-state index contributed by atoms with van der Waals surface area (Å²) >= 11 is 11.4. The van der Waals surface area contributed by atoms with Gasteiger partial charge in [0.25, 0.3) is 5.56 Å². The van der Waals surface area contributed by atoms with Crippen molar-refractivity contribution < 1.29 is 9.53 Å². The molecule has 0 aliphatic carbocycles. The van der Waals surface area contributed by atoms with Crippen LogP contribution in [-0.4, -0.2) is 22.8 Å². The number of nitrogens with one attached hydrogen (secondary N) is 1. The predicted molar refractivity (Wildman–Crippen MR) is 80.1 cm³/mol. The van der Waals surface area contributed by atoms with E-state index in [0.717, 1.165) is 4.68 Å². The summed E-state index contributed by atoms with van der Waals surface area (Å²) in [6.07, 6.45) is 1.21. The fraction of sp³-hybridized carbons (Fsp3) is 0.154. The zero-order valence-electron chi connectivity index (χ0n) is 11.0. The molecule has 0 spiro atoms. The highest BCUT2D eigenvalue weighted by atomic mass is 35.5. The molecule has 6 nitrogen and oxygen atoms in total. The summed E-state index contributed by atoms with van der Waals surface area (Å²) in [5.74, 6) is 0.0767. The summed E-state index contributed by atoms with van der Waals surface area (Å²) < 4.78 is 6.05. The third-order valence-electron chi connectivity index (χ3n) is 2.62. The minimum atomic E-state index is -0.626. The number of rotatable bonds is 4. The van der Waals surface area contributed by atoms with Gasteiger partial charge in [-0.1, -0.05) is 35.3 Å². The highest BCUT2D eigenvalue weighted by molar-refractivity contribution is 6.41. The number of hydrogen-bond donors (Lipinski definition) is 1. The lowest BCUT2D eigenvalue weighted by atomic mass is 10.3. The van der Waals surface area contributed by atoms with Crippen LogP contribution in [0, 0.1) is 0 Å². The highest BCUT2D eigenvalue weighted by Gasteiger charge is 2.12. The molecule has 0 aliphatic heterocycles. The molecule has 1 amide bonds. The molecule has 0 saturated heterocycles. The van der Waals surface area contributed by atoms with Crippen LogP contribution in [0.3, 0.4) is 0 Å². The van der Waals surface area contributed by atoms with Crippen molar-refractivity contribution in [3.05, 3.63) is 50.9 Å². The monoisotopic (exact) mass is 327 g/mol. The topological polar surface area (TPSA) is 73.2 Å². The number of para-hydroxylation sites is 2. The lowest BCUT2D eigenvalue weighted by Gasteiger charge is -2.10. The van der Waals surface area contributed by atoms with Gasteiger partial charge in [-0.15, -0.1) is 0 Å². The van der Waals surface area contributed by atoms with Crippen LogP contribution >= 0.6 is 23.2 Å². The van der Waals surface area contributed by atoms with Crippen LogP contribution in [-0.2, 0) is 11.3 Å². The second-order valence-corrected chi connectivity index (χ2v) is 4.80. The van der Waals surface area contributed by atoms with Crippen molar-refractivity contribution in [3.63, 3.8) is 0 Å². The van der Waals surface area contributed by atoms with E-state index in [0.29, 0.717) is 11.4 Å². The summed E-state index contributed by atoms with van der Waals surface area (Å²) in [6.45, 7) is -0.284. The van der Waals surface area contributed by atoms with Crippen LogP contribution in [0.1, 0.15) is 0 Å². The molecule has 0 fully saturated rings. The van der Waals surface area contributed by atoms with Gasteiger partial charge in [0.2, 0.25) is 5.91 Å². The van der Waals surface area contributed by atoms with Gasteiger partial charge < -0.3 is 10.1 Å². The first-order valence-corrected chi connectivity index (χ1v) is 6.62. The van der Waals surface area contributed by atoms with Crippen molar-refractivity contribution in [2.45, 2.75) is 6.54 Å². The Labute approximate surface area is 130 Å². The molecule has 2 rings (SSSR count). The molecular formula is C13H11Cl2N3O3. The summed E-state index contributed by atoms with van der Waals surface area (Å²) in [5, 5.41) is 6.26. The summed E-state index contributed by atoms with van der Waals surface area (Å²) in [4.78, 5) is 23.7. The molecule has 1 N–H and O–H groups in total. The zero-order chi connectivity index (χ0) is 15.4. The van der Waals surface area contributed by atoms with Crippen molar-refractivity contribution >= 4 is 34.8 Å². The first-order chi connectivity index (χ1) is 10.0. The lowest BCUT2D eigenvalue weighted by molar-refractivity contribution is -0.117. The zero-order valence-corrected chi connectivity index (χ0v) is 12.5. The number of carbonyl (C=O) groups is 1. The molecule has 2 aromatic rings. The normalized spacial score (nSPS) is 10.2. The number of aromatic nitrogens is 2. The summed E-state index contributed by atoms with van der Waals surface area (Å²) in [5.41, 5.74) is -0.127. The van der Waals surface area contributed by atoms with E-state index in [1.54, 1.807) is 24.3 Å². The van der Waals surface area contributed by atoms with Crippen LogP contribution in [0.4, 0.5) is 5.69 Å². The van der Waals surface area contributed by atoms with Crippen molar-refractivity contribution in [1.82, 2.24) is 9.78 Å². The van der Waals surface area contributed by atoms with Crippen LogP contribution in [0.25, 0.3) is 0 Å². The molecule has 0 saturated carbocycles. The van der Waals surface area contributed by atoms with Crippen LogP contribution in [0.5, 0.6) is 5.75 Å². The number of ether oxygens (including phenoxy) is 1. The van der Waals surface area contributed by atoms with E-state index < -0.39 is 11.5 Å². The fourth-order valence-corrected chi connectivity index (χ4v) is 1.90. The Morgan fingerprint density at radius 2 is 2.10 bits per heavy atom.